The Morgan fingerprint density at radius 1 is 0.964 bits per heavy atom. The Hall–Kier alpha value is -2.33. The third-order valence-corrected chi connectivity index (χ3v) is 5.67. The van der Waals surface area contributed by atoms with Gasteiger partial charge >= 0.3 is 0 Å². The van der Waals surface area contributed by atoms with Gasteiger partial charge < -0.3 is 9.30 Å². The van der Waals surface area contributed by atoms with E-state index in [1.54, 1.807) is 0 Å². The van der Waals surface area contributed by atoms with E-state index >= 15 is 0 Å². The summed E-state index contributed by atoms with van der Waals surface area (Å²) in [6.07, 6.45) is 5.85. The number of benzene rings is 2. The molecule has 0 N–H and O–H groups in total. The van der Waals surface area contributed by atoms with Gasteiger partial charge in [-0.15, -0.1) is 0 Å². The quantitative estimate of drug-likeness (QED) is 0.489. The van der Waals surface area contributed by atoms with Crippen molar-refractivity contribution < 1.29 is 4.74 Å². The number of nitrogens with zero attached hydrogens (tertiary/aromatic N) is 3. The van der Waals surface area contributed by atoms with Crippen molar-refractivity contribution in [2.75, 3.05) is 19.7 Å². The van der Waals surface area contributed by atoms with Crippen molar-refractivity contribution >= 4 is 11.0 Å². The molecule has 1 aliphatic heterocycles. The lowest BCUT2D eigenvalue weighted by molar-refractivity contribution is 0.298. The van der Waals surface area contributed by atoms with E-state index in [1.807, 2.05) is 0 Å². The molecule has 3 aromatic rings. The summed E-state index contributed by atoms with van der Waals surface area (Å²) in [5, 5.41) is 0. The summed E-state index contributed by atoms with van der Waals surface area (Å²) in [6, 6.07) is 17.0. The van der Waals surface area contributed by atoms with Gasteiger partial charge in [-0.2, -0.15) is 0 Å². The highest BCUT2D eigenvalue weighted by Crippen LogP contribution is 2.20. The Morgan fingerprint density at radius 3 is 2.54 bits per heavy atom. The maximum Gasteiger partial charge on any atom is 0.124 e. The highest BCUT2D eigenvalue weighted by atomic mass is 16.5. The molecule has 4 rings (SSSR count). The van der Waals surface area contributed by atoms with Crippen molar-refractivity contribution in [3.8, 4) is 5.75 Å². The standard InChI is InChI=1S/C24H31N3O/c1-2-20-11-13-21(14-12-20)28-18-8-7-17-27-23-10-4-3-9-22(23)25-24(27)19-26-15-5-6-16-26/h3-4,9-14H,2,5-8,15-19H2,1H3. The Morgan fingerprint density at radius 2 is 1.75 bits per heavy atom. The number of aromatic nitrogens is 2. The van der Waals surface area contributed by atoms with E-state index in [2.05, 4.69) is 64.9 Å². The molecule has 0 atom stereocenters. The van der Waals surface area contributed by atoms with Gasteiger partial charge in [0.25, 0.3) is 0 Å². The SMILES string of the molecule is CCc1ccc(OCCCCn2c(CN3CCCC3)nc3ccccc32)cc1. The fraction of sp³-hybridized carbons (Fsp3) is 0.458. The van der Waals surface area contributed by atoms with E-state index in [-0.39, 0.29) is 0 Å². The number of hydrogen-bond donors (Lipinski definition) is 0. The molecule has 4 nitrogen and oxygen atoms in total. The van der Waals surface area contributed by atoms with Crippen LogP contribution in [0.3, 0.4) is 0 Å². The fourth-order valence-corrected chi connectivity index (χ4v) is 4.02. The molecular weight excluding hydrogens is 346 g/mol. The number of hydrogen-bond acceptors (Lipinski definition) is 3. The van der Waals surface area contributed by atoms with Gasteiger partial charge in [-0.1, -0.05) is 31.2 Å². The number of fused-ring (bicyclic) bond motifs is 1. The second kappa shape index (κ2) is 9.24. The molecule has 4 heteroatoms. The van der Waals surface area contributed by atoms with Crippen LogP contribution in [-0.4, -0.2) is 34.1 Å². The lowest BCUT2D eigenvalue weighted by Gasteiger charge is -2.16. The van der Waals surface area contributed by atoms with Crippen molar-refractivity contribution in [2.24, 2.45) is 0 Å². The van der Waals surface area contributed by atoms with Crippen LogP contribution in [0.2, 0.25) is 0 Å². The first-order valence-electron chi connectivity index (χ1n) is 10.7. The van der Waals surface area contributed by atoms with E-state index in [4.69, 9.17) is 9.72 Å². The summed E-state index contributed by atoms with van der Waals surface area (Å²) < 4.78 is 8.34. The van der Waals surface area contributed by atoms with Crippen molar-refractivity contribution in [3.05, 3.63) is 59.9 Å². The molecule has 0 amide bonds. The van der Waals surface area contributed by atoms with Gasteiger partial charge in [0.15, 0.2) is 0 Å². The fourth-order valence-electron chi connectivity index (χ4n) is 4.02. The van der Waals surface area contributed by atoms with Gasteiger partial charge in [0.05, 0.1) is 24.2 Å². The predicted octanol–water partition coefficient (Wildman–Crippen LogP) is 5.05. The summed E-state index contributed by atoms with van der Waals surface area (Å²) >= 11 is 0. The van der Waals surface area contributed by atoms with Gasteiger partial charge in [0, 0.05) is 6.54 Å². The molecule has 0 saturated carbocycles. The summed E-state index contributed by atoms with van der Waals surface area (Å²) in [7, 11) is 0. The van der Waals surface area contributed by atoms with Crippen LogP contribution in [0.1, 0.15) is 44.0 Å². The minimum absolute atomic E-state index is 0.763. The molecule has 148 valence electrons. The molecule has 2 heterocycles. The van der Waals surface area contributed by atoms with Gasteiger partial charge in [0.2, 0.25) is 0 Å². The normalized spacial score (nSPS) is 14.8. The minimum atomic E-state index is 0.763. The minimum Gasteiger partial charge on any atom is -0.494 e. The first-order chi connectivity index (χ1) is 13.8. The van der Waals surface area contributed by atoms with Crippen LogP contribution in [0.5, 0.6) is 5.75 Å². The molecule has 0 unspecified atom stereocenters. The zero-order valence-corrected chi connectivity index (χ0v) is 16.9. The second-order valence-corrected chi connectivity index (χ2v) is 7.70. The van der Waals surface area contributed by atoms with Crippen LogP contribution in [0.4, 0.5) is 0 Å². The molecule has 28 heavy (non-hydrogen) atoms. The zero-order valence-electron chi connectivity index (χ0n) is 16.9. The molecular formula is C24H31N3O. The van der Waals surface area contributed by atoms with Crippen LogP contribution >= 0.6 is 0 Å². The Balaban J connectivity index is 1.34. The van der Waals surface area contributed by atoms with Gasteiger partial charge in [-0.25, -0.2) is 4.98 Å². The molecule has 0 aliphatic carbocycles. The average Bonchev–Trinajstić information content (AvgIpc) is 3.36. The van der Waals surface area contributed by atoms with Crippen molar-refractivity contribution in [2.45, 2.75) is 52.1 Å². The molecule has 0 radical (unpaired) electrons. The van der Waals surface area contributed by atoms with Crippen LogP contribution in [0.15, 0.2) is 48.5 Å². The first-order valence-corrected chi connectivity index (χ1v) is 10.7. The van der Waals surface area contributed by atoms with Crippen molar-refractivity contribution in [3.63, 3.8) is 0 Å². The molecule has 1 saturated heterocycles. The molecule has 0 bridgehead atoms. The number of imidazole rings is 1. The average molecular weight is 378 g/mol. The van der Waals surface area contributed by atoms with Crippen LogP contribution in [0.25, 0.3) is 11.0 Å². The zero-order chi connectivity index (χ0) is 19.2. The Bertz CT molecular complexity index is 879. The largest absolute Gasteiger partial charge is 0.494 e. The highest BCUT2D eigenvalue weighted by Gasteiger charge is 2.17. The summed E-state index contributed by atoms with van der Waals surface area (Å²) in [5.41, 5.74) is 3.72. The number of rotatable bonds is 9. The third kappa shape index (κ3) is 4.56. The monoisotopic (exact) mass is 377 g/mol. The number of aryl methyl sites for hydroxylation is 2. The van der Waals surface area contributed by atoms with Crippen molar-refractivity contribution in [1.82, 2.24) is 14.5 Å². The van der Waals surface area contributed by atoms with Crippen molar-refractivity contribution in [1.29, 1.82) is 0 Å². The Kier molecular flexibility index (Phi) is 6.27. The molecule has 1 aliphatic rings. The van der Waals surface area contributed by atoms with Crippen LogP contribution in [-0.2, 0) is 19.5 Å². The van der Waals surface area contributed by atoms with E-state index in [1.165, 1.54) is 42.8 Å². The van der Waals surface area contributed by atoms with Crippen LogP contribution < -0.4 is 4.74 Å². The number of ether oxygens (including phenoxy) is 1. The summed E-state index contributed by atoms with van der Waals surface area (Å²) in [6.45, 7) is 7.31. The smallest absolute Gasteiger partial charge is 0.124 e. The highest BCUT2D eigenvalue weighted by molar-refractivity contribution is 5.75. The first kappa shape index (κ1) is 19.0. The van der Waals surface area contributed by atoms with Gasteiger partial charge in [-0.05, 0) is 75.0 Å². The Labute approximate surface area is 168 Å². The molecule has 0 spiro atoms. The summed E-state index contributed by atoms with van der Waals surface area (Å²) in [5.74, 6) is 2.18. The topological polar surface area (TPSA) is 30.3 Å². The second-order valence-electron chi connectivity index (χ2n) is 7.70. The van der Waals surface area contributed by atoms with E-state index < -0.39 is 0 Å². The number of likely N-dealkylation sites (tertiary alicyclic amines) is 1. The van der Waals surface area contributed by atoms with Gasteiger partial charge in [-0.3, -0.25) is 4.90 Å². The molecule has 2 aromatic carbocycles. The van der Waals surface area contributed by atoms with Crippen LogP contribution in [0, 0.1) is 0 Å². The van der Waals surface area contributed by atoms with Gasteiger partial charge in [0.1, 0.15) is 11.6 Å². The molecule has 1 aromatic heterocycles. The third-order valence-electron chi connectivity index (χ3n) is 5.67. The lowest BCUT2D eigenvalue weighted by atomic mass is 10.2. The van der Waals surface area contributed by atoms with E-state index in [0.717, 1.165) is 50.2 Å². The van der Waals surface area contributed by atoms with E-state index in [9.17, 15) is 0 Å². The maximum atomic E-state index is 5.92. The predicted molar refractivity (Wildman–Crippen MR) is 115 cm³/mol. The number of para-hydroxylation sites is 2. The lowest BCUT2D eigenvalue weighted by Crippen LogP contribution is -2.21. The van der Waals surface area contributed by atoms with E-state index in [0.29, 0.717) is 0 Å². The maximum absolute atomic E-state index is 5.92. The summed E-state index contributed by atoms with van der Waals surface area (Å²) in [4.78, 5) is 7.46. The molecule has 1 fully saturated rings. The number of unbranched alkanes of at least 4 members (excludes halogenated alkanes) is 1.